The number of carbonyl (C=O) groups excluding carboxylic acids is 1. The summed E-state index contributed by atoms with van der Waals surface area (Å²) in [5.74, 6) is -0.0462. The number of hydrogen-bond donors (Lipinski definition) is 1. The number of rotatable bonds is 2. The molecule has 1 fully saturated rings. The number of piperazine rings is 1. The van der Waals surface area contributed by atoms with Crippen LogP contribution in [-0.4, -0.2) is 52.0 Å². The van der Waals surface area contributed by atoms with Gasteiger partial charge < -0.3 is 15.0 Å². The van der Waals surface area contributed by atoms with Gasteiger partial charge in [-0.15, -0.1) is 5.10 Å². The molecule has 1 amide bonds. The summed E-state index contributed by atoms with van der Waals surface area (Å²) in [5.41, 5.74) is 3.55. The van der Waals surface area contributed by atoms with Gasteiger partial charge in [-0.05, 0) is 12.5 Å². The van der Waals surface area contributed by atoms with E-state index in [1.54, 1.807) is 0 Å². The molecule has 4 rings (SSSR count). The molecular formula is C17H21N5O2. The molecule has 1 saturated heterocycles. The van der Waals surface area contributed by atoms with Crippen molar-refractivity contribution in [2.45, 2.75) is 26.2 Å². The fraction of sp³-hybridized carbons (Fsp3) is 0.471. The zero-order valence-corrected chi connectivity index (χ0v) is 13.7. The average molecular weight is 327 g/mol. The van der Waals surface area contributed by atoms with Crippen LogP contribution in [0.1, 0.15) is 33.4 Å². The van der Waals surface area contributed by atoms with Crippen molar-refractivity contribution in [2.75, 3.05) is 26.2 Å². The molecule has 0 spiro atoms. The zero-order valence-electron chi connectivity index (χ0n) is 13.7. The van der Waals surface area contributed by atoms with Crippen LogP contribution >= 0.6 is 0 Å². The lowest BCUT2D eigenvalue weighted by Crippen LogP contribution is -2.46. The fourth-order valence-corrected chi connectivity index (χ4v) is 3.18. The van der Waals surface area contributed by atoms with E-state index in [0.29, 0.717) is 31.9 Å². The number of aromatic nitrogens is 3. The predicted molar refractivity (Wildman–Crippen MR) is 87.5 cm³/mol. The van der Waals surface area contributed by atoms with E-state index in [2.05, 4.69) is 46.8 Å². The summed E-state index contributed by atoms with van der Waals surface area (Å²) in [4.78, 5) is 14.5. The zero-order chi connectivity index (χ0) is 16.5. The highest BCUT2D eigenvalue weighted by Gasteiger charge is 2.30. The summed E-state index contributed by atoms with van der Waals surface area (Å²) in [6, 6.07) is 8.31. The first kappa shape index (κ1) is 15.3. The van der Waals surface area contributed by atoms with E-state index in [9.17, 15) is 4.79 Å². The molecule has 3 heterocycles. The Hall–Kier alpha value is -2.25. The Morgan fingerprint density at radius 3 is 2.75 bits per heavy atom. The van der Waals surface area contributed by atoms with Gasteiger partial charge in [0, 0.05) is 26.2 Å². The molecule has 1 unspecified atom stereocenters. The normalized spacial score (nSPS) is 20.7. The number of benzene rings is 1. The molecular weight excluding hydrogens is 306 g/mol. The van der Waals surface area contributed by atoms with Crippen molar-refractivity contribution < 1.29 is 9.53 Å². The molecule has 126 valence electrons. The minimum absolute atomic E-state index is 0.0462. The van der Waals surface area contributed by atoms with Crippen LogP contribution in [0.15, 0.2) is 24.3 Å². The monoisotopic (exact) mass is 327 g/mol. The minimum Gasteiger partial charge on any atom is -0.365 e. The first-order valence-electron chi connectivity index (χ1n) is 8.33. The van der Waals surface area contributed by atoms with Gasteiger partial charge >= 0.3 is 0 Å². The highest BCUT2D eigenvalue weighted by molar-refractivity contribution is 5.93. The number of hydrogen-bond acceptors (Lipinski definition) is 5. The molecule has 2 aromatic rings. The summed E-state index contributed by atoms with van der Waals surface area (Å²) >= 11 is 0. The first-order chi connectivity index (χ1) is 11.7. The van der Waals surface area contributed by atoms with Gasteiger partial charge in [0.1, 0.15) is 6.10 Å². The lowest BCUT2D eigenvalue weighted by Gasteiger charge is -2.28. The van der Waals surface area contributed by atoms with Crippen LogP contribution in [0.3, 0.4) is 0 Å². The van der Waals surface area contributed by atoms with Crippen LogP contribution in [-0.2, 0) is 17.9 Å². The summed E-state index contributed by atoms with van der Waals surface area (Å²) in [6.07, 6.45) is -0.0538. The first-order valence-corrected chi connectivity index (χ1v) is 8.33. The maximum absolute atomic E-state index is 12.6. The van der Waals surface area contributed by atoms with E-state index in [1.165, 1.54) is 5.56 Å². The van der Waals surface area contributed by atoms with E-state index >= 15 is 0 Å². The van der Waals surface area contributed by atoms with Crippen LogP contribution in [0.2, 0.25) is 0 Å². The lowest BCUT2D eigenvalue weighted by atomic mass is 10.1. The van der Waals surface area contributed by atoms with Crippen molar-refractivity contribution in [3.63, 3.8) is 0 Å². The number of carbonyl (C=O) groups is 1. The molecule has 2 aliphatic rings. The highest BCUT2D eigenvalue weighted by Crippen LogP contribution is 2.27. The molecule has 0 saturated carbocycles. The van der Waals surface area contributed by atoms with Gasteiger partial charge in [0.05, 0.1) is 18.8 Å². The SMILES string of the molecule is Cc1ccc(C2Cn3nnc(C(=O)N4CCNCC4)c3CO2)cc1. The maximum Gasteiger partial charge on any atom is 0.276 e. The third-order valence-electron chi connectivity index (χ3n) is 4.65. The van der Waals surface area contributed by atoms with Gasteiger partial charge in [-0.1, -0.05) is 35.0 Å². The smallest absolute Gasteiger partial charge is 0.276 e. The quantitative estimate of drug-likeness (QED) is 0.887. The second-order valence-electron chi connectivity index (χ2n) is 6.32. The Balaban J connectivity index is 1.53. The van der Waals surface area contributed by atoms with Crippen molar-refractivity contribution in [2.24, 2.45) is 0 Å². The number of nitrogens with one attached hydrogen (secondary N) is 1. The van der Waals surface area contributed by atoms with E-state index in [-0.39, 0.29) is 12.0 Å². The van der Waals surface area contributed by atoms with Crippen LogP contribution in [0.5, 0.6) is 0 Å². The number of aryl methyl sites for hydroxylation is 1. The van der Waals surface area contributed by atoms with Crippen LogP contribution in [0, 0.1) is 6.92 Å². The lowest BCUT2D eigenvalue weighted by molar-refractivity contribution is -0.00197. The average Bonchev–Trinajstić information content (AvgIpc) is 3.05. The molecule has 1 aromatic carbocycles. The second kappa shape index (κ2) is 6.33. The van der Waals surface area contributed by atoms with Crippen LogP contribution < -0.4 is 5.32 Å². The molecule has 0 aliphatic carbocycles. The number of ether oxygens (including phenoxy) is 1. The third-order valence-corrected chi connectivity index (χ3v) is 4.65. The largest absolute Gasteiger partial charge is 0.365 e. The molecule has 7 nitrogen and oxygen atoms in total. The summed E-state index contributed by atoms with van der Waals surface area (Å²) in [5, 5.41) is 11.6. The van der Waals surface area contributed by atoms with Crippen molar-refractivity contribution in [3.8, 4) is 0 Å². The van der Waals surface area contributed by atoms with Crippen molar-refractivity contribution >= 4 is 5.91 Å². The Bertz CT molecular complexity index is 734. The summed E-state index contributed by atoms with van der Waals surface area (Å²) in [6.45, 7) is 6.06. The van der Waals surface area contributed by atoms with Crippen molar-refractivity contribution in [3.05, 3.63) is 46.8 Å². The Morgan fingerprint density at radius 1 is 1.25 bits per heavy atom. The van der Waals surface area contributed by atoms with E-state index in [1.807, 2.05) is 9.58 Å². The number of amides is 1. The molecule has 24 heavy (non-hydrogen) atoms. The van der Waals surface area contributed by atoms with E-state index < -0.39 is 0 Å². The Morgan fingerprint density at radius 2 is 2.00 bits per heavy atom. The van der Waals surface area contributed by atoms with Crippen LogP contribution in [0.25, 0.3) is 0 Å². The van der Waals surface area contributed by atoms with E-state index in [4.69, 9.17) is 4.74 Å². The van der Waals surface area contributed by atoms with Gasteiger partial charge in [-0.25, -0.2) is 4.68 Å². The molecule has 1 aromatic heterocycles. The summed E-state index contributed by atoms with van der Waals surface area (Å²) < 4.78 is 7.79. The Labute approximate surface area is 140 Å². The van der Waals surface area contributed by atoms with Crippen molar-refractivity contribution in [1.29, 1.82) is 0 Å². The van der Waals surface area contributed by atoms with Crippen LogP contribution in [0.4, 0.5) is 0 Å². The molecule has 0 bridgehead atoms. The molecule has 0 radical (unpaired) electrons. The number of fused-ring (bicyclic) bond motifs is 1. The molecule has 2 aliphatic heterocycles. The molecule has 7 heteroatoms. The van der Waals surface area contributed by atoms with Gasteiger partial charge in [0.25, 0.3) is 5.91 Å². The molecule has 1 atom stereocenters. The predicted octanol–water partition coefficient (Wildman–Crippen LogP) is 0.903. The van der Waals surface area contributed by atoms with Gasteiger partial charge in [-0.2, -0.15) is 0 Å². The van der Waals surface area contributed by atoms with Gasteiger partial charge in [0.2, 0.25) is 0 Å². The Kier molecular flexibility index (Phi) is 4.03. The second-order valence-corrected chi connectivity index (χ2v) is 6.32. The standard InChI is InChI=1S/C17H21N5O2/c1-12-2-4-13(5-3-12)15-10-22-14(11-24-15)16(19-20-22)17(23)21-8-6-18-7-9-21/h2-5,15,18H,6-11H2,1H3. The van der Waals surface area contributed by atoms with Crippen molar-refractivity contribution in [1.82, 2.24) is 25.2 Å². The fourth-order valence-electron chi connectivity index (χ4n) is 3.18. The number of nitrogens with zero attached hydrogens (tertiary/aromatic N) is 4. The highest BCUT2D eigenvalue weighted by atomic mass is 16.5. The van der Waals surface area contributed by atoms with Gasteiger partial charge in [0.15, 0.2) is 5.69 Å². The summed E-state index contributed by atoms with van der Waals surface area (Å²) in [7, 11) is 0. The third kappa shape index (κ3) is 2.81. The topological polar surface area (TPSA) is 72.3 Å². The van der Waals surface area contributed by atoms with E-state index in [0.717, 1.165) is 24.3 Å². The minimum atomic E-state index is -0.0538. The maximum atomic E-state index is 12.6. The van der Waals surface area contributed by atoms with Gasteiger partial charge in [-0.3, -0.25) is 4.79 Å². The molecule has 1 N–H and O–H groups in total.